The molecule has 0 heterocycles. The number of halogens is 5. The molecule has 0 fully saturated rings. The number of rotatable bonds is 3. The highest BCUT2D eigenvalue weighted by molar-refractivity contribution is 6.65. The maximum atomic E-state index is 12.1. The molecule has 1 unspecified atom stereocenters. The molecule has 0 saturated heterocycles. The molecule has 10 heavy (non-hydrogen) atoms. The first-order valence-electron chi connectivity index (χ1n) is 2.63. The van der Waals surface area contributed by atoms with Crippen molar-refractivity contribution in [1.82, 2.24) is 0 Å². The third-order valence-electron chi connectivity index (χ3n) is 0.827. The van der Waals surface area contributed by atoms with Crippen LogP contribution in [0.4, 0.5) is 13.2 Å². The topological polar surface area (TPSA) is 0 Å². The molecule has 0 bridgehead atoms. The Kier molecular flexibility index (Phi) is 4.05. The molecule has 0 saturated carbocycles. The lowest BCUT2D eigenvalue weighted by atomic mass is 10.3. The van der Waals surface area contributed by atoms with Crippen molar-refractivity contribution in [2.45, 2.75) is 23.0 Å². The molecule has 0 rings (SSSR count). The summed E-state index contributed by atoms with van der Waals surface area (Å²) in [6.45, 7) is 0. The van der Waals surface area contributed by atoms with E-state index in [0.29, 0.717) is 0 Å². The van der Waals surface area contributed by atoms with Gasteiger partial charge in [-0.2, -0.15) is 0 Å². The molecule has 0 aromatic rings. The van der Waals surface area contributed by atoms with Crippen LogP contribution in [0.15, 0.2) is 0 Å². The second kappa shape index (κ2) is 3.83. The van der Waals surface area contributed by atoms with E-state index in [4.69, 9.17) is 23.2 Å². The van der Waals surface area contributed by atoms with Gasteiger partial charge in [-0.1, -0.05) is 0 Å². The molecule has 0 radical (unpaired) electrons. The van der Waals surface area contributed by atoms with Crippen molar-refractivity contribution in [2.24, 2.45) is 0 Å². The molecule has 0 nitrogen and oxygen atoms in total. The summed E-state index contributed by atoms with van der Waals surface area (Å²) < 4.78 is 33.8. The van der Waals surface area contributed by atoms with E-state index in [0.717, 1.165) is 0 Å². The standard InChI is InChI=1S/C4H7Cl2F3Si/c5-4(6,10)1-2(7)3(8)9/h2-3H,1H2,10H3. The minimum atomic E-state index is -2.98. The molecular formula is C4H7Cl2F3Si. The van der Waals surface area contributed by atoms with Crippen LogP contribution in [-0.2, 0) is 0 Å². The molecule has 0 amide bonds. The van der Waals surface area contributed by atoms with Crippen molar-refractivity contribution in [3.63, 3.8) is 0 Å². The zero-order chi connectivity index (χ0) is 8.36. The quantitative estimate of drug-likeness (QED) is 0.490. The predicted octanol–water partition coefficient (Wildman–Crippen LogP) is 1.48. The summed E-state index contributed by atoms with van der Waals surface area (Å²) in [4.78, 5) is 0. The van der Waals surface area contributed by atoms with Crippen LogP contribution in [0.3, 0.4) is 0 Å². The third kappa shape index (κ3) is 5.38. The van der Waals surface area contributed by atoms with Gasteiger partial charge in [0.2, 0.25) is 0 Å². The summed E-state index contributed by atoms with van der Waals surface area (Å²) in [6.07, 6.45) is -5.67. The van der Waals surface area contributed by atoms with Crippen LogP contribution >= 0.6 is 23.2 Å². The Morgan fingerprint density at radius 3 is 1.80 bits per heavy atom. The summed E-state index contributed by atoms with van der Waals surface area (Å²) in [5.41, 5.74) is 0. The van der Waals surface area contributed by atoms with Gasteiger partial charge in [0.1, 0.15) is 3.96 Å². The lowest BCUT2D eigenvalue weighted by molar-refractivity contribution is 0.0461. The van der Waals surface area contributed by atoms with Gasteiger partial charge in [0.05, 0.1) is 0 Å². The first-order chi connectivity index (χ1) is 4.33. The van der Waals surface area contributed by atoms with Gasteiger partial charge in [-0.05, 0) is 0 Å². The highest BCUT2D eigenvalue weighted by Gasteiger charge is 2.28. The molecular weight excluding hydrogens is 204 g/mol. The van der Waals surface area contributed by atoms with E-state index in [-0.39, 0.29) is 10.2 Å². The Morgan fingerprint density at radius 1 is 1.30 bits per heavy atom. The molecule has 0 N–H and O–H groups in total. The molecule has 62 valence electrons. The van der Waals surface area contributed by atoms with E-state index in [1.54, 1.807) is 0 Å². The highest BCUT2D eigenvalue weighted by atomic mass is 35.5. The van der Waals surface area contributed by atoms with E-state index >= 15 is 0 Å². The predicted molar refractivity (Wildman–Crippen MR) is 39.9 cm³/mol. The lowest BCUT2D eigenvalue weighted by Gasteiger charge is -2.15. The van der Waals surface area contributed by atoms with Crippen LogP contribution in [0.2, 0.25) is 0 Å². The van der Waals surface area contributed by atoms with Crippen LogP contribution < -0.4 is 0 Å². The molecule has 0 aromatic carbocycles. The molecule has 0 spiro atoms. The van der Waals surface area contributed by atoms with Crippen molar-refractivity contribution < 1.29 is 13.2 Å². The van der Waals surface area contributed by atoms with E-state index < -0.39 is 23.0 Å². The maximum Gasteiger partial charge on any atom is 0.269 e. The van der Waals surface area contributed by atoms with Gasteiger partial charge in [0.25, 0.3) is 6.43 Å². The van der Waals surface area contributed by atoms with E-state index in [2.05, 4.69) is 0 Å². The Balaban J connectivity index is 3.68. The average molecular weight is 211 g/mol. The zero-order valence-electron chi connectivity index (χ0n) is 5.25. The Morgan fingerprint density at radius 2 is 1.70 bits per heavy atom. The van der Waals surface area contributed by atoms with Crippen LogP contribution in [0.5, 0.6) is 0 Å². The number of hydrogen-bond acceptors (Lipinski definition) is 0. The molecule has 1 atom stereocenters. The fourth-order valence-corrected chi connectivity index (χ4v) is 1.12. The summed E-state index contributed by atoms with van der Waals surface area (Å²) in [7, 11) is 0.279. The van der Waals surface area contributed by atoms with E-state index in [9.17, 15) is 13.2 Å². The molecule has 0 aliphatic carbocycles. The van der Waals surface area contributed by atoms with Crippen molar-refractivity contribution >= 4 is 33.4 Å². The molecule has 0 aromatic heterocycles. The molecule has 6 heteroatoms. The van der Waals surface area contributed by atoms with Gasteiger partial charge in [0.15, 0.2) is 6.17 Å². The smallest absolute Gasteiger partial charge is 0.241 e. The van der Waals surface area contributed by atoms with Crippen LogP contribution in [0.1, 0.15) is 6.42 Å². The van der Waals surface area contributed by atoms with Crippen LogP contribution in [-0.4, -0.2) is 26.8 Å². The van der Waals surface area contributed by atoms with Crippen molar-refractivity contribution in [2.75, 3.05) is 0 Å². The Hall–Kier alpha value is 0.587. The number of hydrogen-bond donors (Lipinski definition) is 0. The van der Waals surface area contributed by atoms with E-state index in [1.165, 1.54) is 0 Å². The SMILES string of the molecule is FC(F)C(F)CC([SiH3])(Cl)Cl. The average Bonchev–Trinajstić information content (AvgIpc) is 1.60. The second-order valence-electron chi connectivity index (χ2n) is 2.12. The first-order valence-corrected chi connectivity index (χ1v) is 4.38. The van der Waals surface area contributed by atoms with E-state index in [1.807, 2.05) is 0 Å². The fourth-order valence-electron chi connectivity index (χ4n) is 0.431. The summed E-state index contributed by atoms with van der Waals surface area (Å²) >= 11 is 10.7. The van der Waals surface area contributed by atoms with Crippen LogP contribution in [0, 0.1) is 0 Å². The summed E-state index contributed by atoms with van der Waals surface area (Å²) in [5, 5.41) is 0. The van der Waals surface area contributed by atoms with Crippen molar-refractivity contribution in [3.05, 3.63) is 0 Å². The largest absolute Gasteiger partial charge is 0.269 e. The summed E-state index contributed by atoms with van der Waals surface area (Å²) in [5.74, 6) is 0. The van der Waals surface area contributed by atoms with Gasteiger partial charge in [-0.25, -0.2) is 13.2 Å². The lowest BCUT2D eigenvalue weighted by Crippen LogP contribution is -2.24. The highest BCUT2D eigenvalue weighted by Crippen LogP contribution is 2.26. The van der Waals surface area contributed by atoms with Gasteiger partial charge in [-0.3, -0.25) is 0 Å². The van der Waals surface area contributed by atoms with Gasteiger partial charge in [0, 0.05) is 16.7 Å². The Labute approximate surface area is 70.1 Å². The minimum absolute atomic E-state index is 0.279. The monoisotopic (exact) mass is 210 g/mol. The Bertz CT molecular complexity index is 103. The number of alkyl halides is 5. The summed E-state index contributed by atoms with van der Waals surface area (Å²) in [6, 6.07) is 0. The molecule has 0 aliphatic heterocycles. The van der Waals surface area contributed by atoms with Crippen LogP contribution in [0.25, 0.3) is 0 Å². The molecule has 0 aliphatic rings. The fraction of sp³-hybridized carbons (Fsp3) is 1.00. The van der Waals surface area contributed by atoms with Gasteiger partial charge >= 0.3 is 0 Å². The van der Waals surface area contributed by atoms with Crippen molar-refractivity contribution in [1.29, 1.82) is 0 Å². The zero-order valence-corrected chi connectivity index (χ0v) is 8.76. The van der Waals surface area contributed by atoms with Crippen molar-refractivity contribution in [3.8, 4) is 0 Å². The normalized spacial score (nSPS) is 16.2. The first kappa shape index (κ1) is 10.6. The van der Waals surface area contributed by atoms with Gasteiger partial charge in [-0.15, -0.1) is 23.2 Å². The minimum Gasteiger partial charge on any atom is -0.241 e. The third-order valence-corrected chi connectivity index (χ3v) is 1.54. The second-order valence-corrected chi connectivity index (χ2v) is 6.96. The van der Waals surface area contributed by atoms with Gasteiger partial charge < -0.3 is 0 Å². The maximum absolute atomic E-state index is 12.1.